The van der Waals surface area contributed by atoms with Gasteiger partial charge in [0, 0.05) is 0 Å². The number of benzene rings is 1. The number of amides is 2. The van der Waals surface area contributed by atoms with Crippen molar-refractivity contribution in [1.82, 2.24) is 5.48 Å². The molecule has 0 aromatic heterocycles. The zero-order valence-corrected chi connectivity index (χ0v) is 9.68. The van der Waals surface area contributed by atoms with Crippen molar-refractivity contribution in [2.75, 3.05) is 6.61 Å². The van der Waals surface area contributed by atoms with E-state index in [4.69, 9.17) is 10.5 Å². The molecule has 2 amide bonds. The van der Waals surface area contributed by atoms with Crippen LogP contribution in [0.25, 0.3) is 0 Å². The first kappa shape index (κ1) is 13.9. The van der Waals surface area contributed by atoms with Crippen LogP contribution in [0.15, 0.2) is 24.3 Å². The molecule has 0 spiro atoms. The summed E-state index contributed by atoms with van der Waals surface area (Å²) in [6.07, 6.45) is -0.977. The molecule has 0 saturated heterocycles. The third kappa shape index (κ3) is 4.38. The van der Waals surface area contributed by atoms with Crippen molar-refractivity contribution in [1.29, 1.82) is 0 Å². The fraction of sp³-hybridized carbons (Fsp3) is 0.273. The molecule has 0 aliphatic heterocycles. The molecule has 0 radical (unpaired) electrons. The minimum Gasteiger partial charge on any atom is -0.478 e. The Balaban J connectivity index is 2.45. The highest BCUT2D eigenvalue weighted by Crippen LogP contribution is 2.16. The van der Waals surface area contributed by atoms with Crippen LogP contribution in [0.5, 0.6) is 5.75 Å². The molecular formula is C11H13FN2O4. The van der Waals surface area contributed by atoms with Crippen LogP contribution in [0.2, 0.25) is 0 Å². The fourth-order valence-corrected chi connectivity index (χ4v) is 1.05. The molecule has 0 saturated carbocycles. The maximum absolute atomic E-state index is 13.2. The number of ether oxygens (including phenoxy) is 1. The summed E-state index contributed by atoms with van der Waals surface area (Å²) >= 11 is 0. The molecule has 1 aromatic rings. The topological polar surface area (TPSA) is 90.7 Å². The zero-order valence-electron chi connectivity index (χ0n) is 9.68. The summed E-state index contributed by atoms with van der Waals surface area (Å²) in [5.74, 6) is -2.00. The summed E-state index contributed by atoms with van der Waals surface area (Å²) in [7, 11) is 0. The van der Waals surface area contributed by atoms with Crippen molar-refractivity contribution in [2.24, 2.45) is 5.73 Å². The Labute approximate surface area is 103 Å². The molecule has 1 unspecified atom stereocenters. The van der Waals surface area contributed by atoms with E-state index in [-0.39, 0.29) is 5.75 Å². The zero-order chi connectivity index (χ0) is 13.5. The Bertz CT molecular complexity index is 439. The van der Waals surface area contributed by atoms with E-state index in [1.54, 1.807) is 6.07 Å². The number of primary amides is 1. The number of nitrogens with two attached hydrogens (primary N) is 1. The van der Waals surface area contributed by atoms with Crippen molar-refractivity contribution in [3.8, 4) is 5.75 Å². The molecule has 0 bridgehead atoms. The average Bonchev–Trinajstić information content (AvgIpc) is 2.31. The van der Waals surface area contributed by atoms with Gasteiger partial charge >= 0.3 is 0 Å². The van der Waals surface area contributed by atoms with Crippen LogP contribution in [-0.2, 0) is 14.4 Å². The Morgan fingerprint density at radius 2 is 2.11 bits per heavy atom. The standard InChI is InChI=1S/C11H13FN2O4/c1-7(11(16)14-17-6-10(13)15)18-9-5-3-2-4-8(9)12/h2-5,7H,6H2,1H3,(H2,13,15)(H,14,16). The first-order valence-electron chi connectivity index (χ1n) is 5.12. The third-order valence-corrected chi connectivity index (χ3v) is 1.90. The van der Waals surface area contributed by atoms with E-state index in [0.29, 0.717) is 0 Å². The number of halogens is 1. The van der Waals surface area contributed by atoms with Crippen LogP contribution in [0, 0.1) is 5.82 Å². The van der Waals surface area contributed by atoms with E-state index >= 15 is 0 Å². The molecule has 0 fully saturated rings. The van der Waals surface area contributed by atoms with E-state index in [1.165, 1.54) is 25.1 Å². The third-order valence-electron chi connectivity index (χ3n) is 1.90. The molecular weight excluding hydrogens is 243 g/mol. The highest BCUT2D eigenvalue weighted by Gasteiger charge is 2.16. The normalized spacial score (nSPS) is 11.7. The van der Waals surface area contributed by atoms with Crippen molar-refractivity contribution in [3.05, 3.63) is 30.1 Å². The Kier molecular flexibility index (Phi) is 5.06. The van der Waals surface area contributed by atoms with Gasteiger partial charge < -0.3 is 10.5 Å². The maximum atomic E-state index is 13.2. The highest BCUT2D eigenvalue weighted by atomic mass is 19.1. The highest BCUT2D eigenvalue weighted by molar-refractivity contribution is 5.80. The van der Waals surface area contributed by atoms with E-state index < -0.39 is 30.3 Å². The lowest BCUT2D eigenvalue weighted by molar-refractivity contribution is -0.143. The van der Waals surface area contributed by atoms with Gasteiger partial charge in [0.2, 0.25) is 5.91 Å². The summed E-state index contributed by atoms with van der Waals surface area (Å²) in [6, 6.07) is 5.68. The van der Waals surface area contributed by atoms with Gasteiger partial charge in [-0.25, -0.2) is 9.87 Å². The Hall–Kier alpha value is -2.15. The minimum absolute atomic E-state index is 0.0462. The van der Waals surface area contributed by atoms with Gasteiger partial charge in [-0.15, -0.1) is 0 Å². The summed E-state index contributed by atoms with van der Waals surface area (Å²) in [6.45, 7) is 0.966. The van der Waals surface area contributed by atoms with E-state index in [0.717, 1.165) is 0 Å². The molecule has 1 atom stereocenters. The van der Waals surface area contributed by atoms with Crippen LogP contribution in [0.4, 0.5) is 4.39 Å². The number of para-hydroxylation sites is 1. The van der Waals surface area contributed by atoms with Crippen LogP contribution >= 0.6 is 0 Å². The number of carbonyl (C=O) groups is 2. The number of hydrogen-bond acceptors (Lipinski definition) is 4. The Morgan fingerprint density at radius 3 is 2.72 bits per heavy atom. The van der Waals surface area contributed by atoms with Crippen LogP contribution in [0.3, 0.4) is 0 Å². The minimum atomic E-state index is -0.977. The second-order valence-corrected chi connectivity index (χ2v) is 3.41. The number of hydroxylamine groups is 1. The van der Waals surface area contributed by atoms with Crippen LogP contribution in [-0.4, -0.2) is 24.5 Å². The van der Waals surface area contributed by atoms with Crippen molar-refractivity contribution < 1.29 is 23.6 Å². The van der Waals surface area contributed by atoms with Crippen molar-refractivity contribution in [3.63, 3.8) is 0 Å². The molecule has 0 aliphatic rings. The summed E-state index contributed by atoms with van der Waals surface area (Å²) in [5.41, 5.74) is 6.77. The summed E-state index contributed by atoms with van der Waals surface area (Å²) < 4.78 is 18.3. The van der Waals surface area contributed by atoms with E-state index in [9.17, 15) is 14.0 Å². The SMILES string of the molecule is CC(Oc1ccccc1F)C(=O)NOCC(N)=O. The second-order valence-electron chi connectivity index (χ2n) is 3.41. The molecule has 98 valence electrons. The van der Waals surface area contributed by atoms with Gasteiger partial charge in [-0.05, 0) is 19.1 Å². The predicted molar refractivity (Wildman–Crippen MR) is 59.8 cm³/mol. The molecule has 1 aromatic carbocycles. The van der Waals surface area contributed by atoms with Gasteiger partial charge in [0.05, 0.1) is 0 Å². The maximum Gasteiger partial charge on any atom is 0.284 e. The van der Waals surface area contributed by atoms with Gasteiger partial charge in [0.25, 0.3) is 5.91 Å². The molecule has 1 rings (SSSR count). The first-order valence-corrected chi connectivity index (χ1v) is 5.12. The monoisotopic (exact) mass is 256 g/mol. The largest absolute Gasteiger partial charge is 0.478 e. The molecule has 3 N–H and O–H groups in total. The predicted octanol–water partition coefficient (Wildman–Crippen LogP) is 0.126. The lowest BCUT2D eigenvalue weighted by Crippen LogP contribution is -2.38. The fourth-order valence-electron chi connectivity index (χ4n) is 1.05. The molecule has 0 heterocycles. The molecule has 0 aliphatic carbocycles. The quantitative estimate of drug-likeness (QED) is 0.707. The van der Waals surface area contributed by atoms with Crippen molar-refractivity contribution >= 4 is 11.8 Å². The van der Waals surface area contributed by atoms with Gasteiger partial charge in [0.1, 0.15) is 0 Å². The van der Waals surface area contributed by atoms with Gasteiger partial charge in [0.15, 0.2) is 24.3 Å². The van der Waals surface area contributed by atoms with Gasteiger partial charge in [-0.3, -0.25) is 14.4 Å². The molecule has 18 heavy (non-hydrogen) atoms. The van der Waals surface area contributed by atoms with E-state index in [2.05, 4.69) is 4.84 Å². The van der Waals surface area contributed by atoms with Gasteiger partial charge in [-0.1, -0.05) is 12.1 Å². The van der Waals surface area contributed by atoms with Crippen LogP contribution < -0.4 is 16.0 Å². The van der Waals surface area contributed by atoms with Gasteiger partial charge in [-0.2, -0.15) is 0 Å². The second kappa shape index (κ2) is 6.55. The Morgan fingerprint density at radius 1 is 1.44 bits per heavy atom. The number of hydrogen-bond donors (Lipinski definition) is 2. The van der Waals surface area contributed by atoms with Crippen LogP contribution in [0.1, 0.15) is 6.92 Å². The lowest BCUT2D eigenvalue weighted by Gasteiger charge is -2.14. The summed E-state index contributed by atoms with van der Waals surface area (Å²) in [5, 5.41) is 0. The summed E-state index contributed by atoms with van der Waals surface area (Å²) in [4.78, 5) is 26.3. The first-order chi connectivity index (χ1) is 8.50. The number of carbonyl (C=O) groups excluding carboxylic acids is 2. The molecule has 6 nitrogen and oxygen atoms in total. The smallest absolute Gasteiger partial charge is 0.284 e. The number of rotatable bonds is 6. The lowest BCUT2D eigenvalue weighted by atomic mass is 10.3. The average molecular weight is 256 g/mol. The molecule has 7 heteroatoms. The van der Waals surface area contributed by atoms with E-state index in [1.807, 2.05) is 5.48 Å². The number of nitrogens with one attached hydrogen (secondary N) is 1. The van der Waals surface area contributed by atoms with Crippen molar-refractivity contribution in [2.45, 2.75) is 13.0 Å².